The molecule has 0 radical (unpaired) electrons. The van der Waals surface area contributed by atoms with Gasteiger partial charge in [-0.3, -0.25) is 0 Å². The van der Waals surface area contributed by atoms with Crippen LogP contribution in [0.5, 0.6) is 0 Å². The number of rotatable bonds is 5. The number of hydrogen-bond acceptors (Lipinski definition) is 2. The maximum Gasteiger partial charge on any atom is 0.0545 e. The van der Waals surface area contributed by atoms with Crippen molar-refractivity contribution in [3.63, 3.8) is 0 Å². The molecule has 2 rings (SSSR count). The smallest absolute Gasteiger partial charge is 0.0545 e. The average Bonchev–Trinajstić information content (AvgIpc) is 2.74. The third-order valence-electron chi connectivity index (χ3n) is 3.99. The van der Waals surface area contributed by atoms with Gasteiger partial charge in [-0.2, -0.15) is 0 Å². The molecule has 0 bridgehead atoms. The van der Waals surface area contributed by atoms with Gasteiger partial charge in [-0.1, -0.05) is 38.3 Å². The van der Waals surface area contributed by atoms with E-state index >= 15 is 0 Å². The zero-order valence-electron chi connectivity index (χ0n) is 11.4. The summed E-state index contributed by atoms with van der Waals surface area (Å²) in [6.07, 6.45) is 6.73. The van der Waals surface area contributed by atoms with Gasteiger partial charge in [0.15, 0.2) is 0 Å². The second-order valence-corrected chi connectivity index (χ2v) is 7.17. The molecule has 0 aliphatic heterocycles. The Morgan fingerprint density at radius 1 is 1.33 bits per heavy atom. The third kappa shape index (κ3) is 3.97. The number of thiophene rings is 1. The van der Waals surface area contributed by atoms with E-state index in [-0.39, 0.29) is 0 Å². The maximum absolute atomic E-state index is 6.23. The number of halogens is 1. The molecule has 0 saturated heterocycles. The van der Waals surface area contributed by atoms with Crippen LogP contribution in [0.2, 0.25) is 5.02 Å². The van der Waals surface area contributed by atoms with Crippen LogP contribution in [0.25, 0.3) is 0 Å². The first-order valence-electron chi connectivity index (χ1n) is 7.12. The molecular formula is C15H24ClNS. The Morgan fingerprint density at radius 3 is 2.67 bits per heavy atom. The summed E-state index contributed by atoms with van der Waals surface area (Å²) in [5, 5.41) is 6.70. The maximum atomic E-state index is 6.23. The Labute approximate surface area is 120 Å². The number of nitrogens with one attached hydrogen (secondary N) is 1. The Bertz CT molecular complexity index is 361. The molecule has 3 heteroatoms. The van der Waals surface area contributed by atoms with Crippen LogP contribution in [-0.4, -0.2) is 12.6 Å². The van der Waals surface area contributed by atoms with E-state index in [9.17, 15) is 0 Å². The van der Waals surface area contributed by atoms with Gasteiger partial charge in [0.1, 0.15) is 0 Å². The first kappa shape index (κ1) is 14.4. The molecule has 0 amide bonds. The molecule has 1 N–H and O–H groups in total. The van der Waals surface area contributed by atoms with Crippen molar-refractivity contribution in [3.05, 3.63) is 21.3 Å². The molecule has 1 heterocycles. The molecule has 1 saturated carbocycles. The average molecular weight is 286 g/mol. The van der Waals surface area contributed by atoms with Crippen molar-refractivity contribution in [1.29, 1.82) is 0 Å². The Morgan fingerprint density at radius 2 is 2.06 bits per heavy atom. The zero-order valence-corrected chi connectivity index (χ0v) is 13.0. The highest BCUT2D eigenvalue weighted by atomic mass is 35.5. The van der Waals surface area contributed by atoms with Crippen LogP contribution >= 0.6 is 22.9 Å². The monoisotopic (exact) mass is 285 g/mol. The lowest BCUT2D eigenvalue weighted by molar-refractivity contribution is 0.225. The second kappa shape index (κ2) is 6.93. The van der Waals surface area contributed by atoms with E-state index in [0.717, 1.165) is 16.9 Å². The van der Waals surface area contributed by atoms with Gasteiger partial charge in [0.2, 0.25) is 0 Å². The molecule has 1 aromatic heterocycles. The van der Waals surface area contributed by atoms with Crippen molar-refractivity contribution >= 4 is 22.9 Å². The van der Waals surface area contributed by atoms with E-state index < -0.39 is 0 Å². The molecule has 0 spiro atoms. The van der Waals surface area contributed by atoms with E-state index in [4.69, 9.17) is 11.6 Å². The lowest BCUT2D eigenvalue weighted by Gasteiger charge is -2.32. The van der Waals surface area contributed by atoms with Gasteiger partial charge < -0.3 is 5.32 Å². The lowest BCUT2D eigenvalue weighted by Crippen LogP contribution is -2.34. The van der Waals surface area contributed by atoms with Gasteiger partial charge in [-0.15, -0.1) is 11.3 Å². The van der Waals surface area contributed by atoms with Crippen molar-refractivity contribution < 1.29 is 0 Å². The lowest BCUT2D eigenvalue weighted by atomic mass is 9.77. The van der Waals surface area contributed by atoms with E-state index in [1.165, 1.54) is 43.5 Å². The van der Waals surface area contributed by atoms with E-state index in [1.54, 1.807) is 0 Å². The third-order valence-corrected chi connectivity index (χ3v) is 5.40. The van der Waals surface area contributed by atoms with Crippen molar-refractivity contribution in [3.8, 4) is 0 Å². The van der Waals surface area contributed by atoms with Gasteiger partial charge in [-0.05, 0) is 49.1 Å². The summed E-state index contributed by atoms with van der Waals surface area (Å²) in [5.41, 5.74) is 0. The normalized spacial score (nSPS) is 24.7. The minimum Gasteiger partial charge on any atom is -0.314 e. The molecule has 0 aromatic carbocycles. The topological polar surface area (TPSA) is 12.0 Å². The summed E-state index contributed by atoms with van der Waals surface area (Å²) >= 11 is 8.05. The summed E-state index contributed by atoms with van der Waals surface area (Å²) in [4.78, 5) is 1.39. The molecule has 18 heavy (non-hydrogen) atoms. The standard InChI is InChI=1S/C15H24ClNS/c1-11(2)17-10-13-6-4-3-5-12(13)9-15-14(16)7-8-18-15/h7-8,11-13,17H,3-6,9-10H2,1-2H3. The first-order chi connectivity index (χ1) is 8.66. The van der Waals surface area contributed by atoms with Gasteiger partial charge in [0, 0.05) is 10.9 Å². The zero-order chi connectivity index (χ0) is 13.0. The first-order valence-corrected chi connectivity index (χ1v) is 8.38. The van der Waals surface area contributed by atoms with Crippen LogP contribution in [0.4, 0.5) is 0 Å². The van der Waals surface area contributed by atoms with Gasteiger partial charge in [0.05, 0.1) is 5.02 Å². The largest absolute Gasteiger partial charge is 0.314 e. The van der Waals surface area contributed by atoms with Crippen LogP contribution in [0.3, 0.4) is 0 Å². The highest BCUT2D eigenvalue weighted by molar-refractivity contribution is 7.10. The summed E-state index contributed by atoms with van der Waals surface area (Å²) in [7, 11) is 0. The Hall–Kier alpha value is -0.0500. The minimum absolute atomic E-state index is 0.595. The molecule has 2 unspecified atom stereocenters. The van der Waals surface area contributed by atoms with Crippen LogP contribution in [0.15, 0.2) is 11.4 Å². The van der Waals surface area contributed by atoms with E-state index in [1.807, 2.05) is 17.4 Å². The highest BCUT2D eigenvalue weighted by Crippen LogP contribution is 2.35. The molecule has 1 aromatic rings. The predicted molar refractivity (Wildman–Crippen MR) is 81.6 cm³/mol. The predicted octanol–water partition coefficient (Wildman–Crippen LogP) is 4.75. The Balaban J connectivity index is 1.93. The van der Waals surface area contributed by atoms with Crippen molar-refractivity contribution in [1.82, 2.24) is 5.32 Å². The fraction of sp³-hybridized carbons (Fsp3) is 0.733. The molecule has 102 valence electrons. The Kier molecular flexibility index (Phi) is 5.53. The molecule has 1 aliphatic rings. The molecular weight excluding hydrogens is 262 g/mol. The summed E-state index contributed by atoms with van der Waals surface area (Å²) < 4.78 is 0. The summed E-state index contributed by atoms with van der Waals surface area (Å²) in [6.45, 7) is 5.63. The van der Waals surface area contributed by atoms with Crippen LogP contribution in [0, 0.1) is 11.8 Å². The van der Waals surface area contributed by atoms with Gasteiger partial charge >= 0.3 is 0 Å². The minimum atomic E-state index is 0.595. The fourth-order valence-corrected chi connectivity index (χ4v) is 4.13. The van der Waals surface area contributed by atoms with E-state index in [2.05, 4.69) is 24.5 Å². The van der Waals surface area contributed by atoms with Gasteiger partial charge in [0.25, 0.3) is 0 Å². The summed E-state index contributed by atoms with van der Waals surface area (Å²) in [5.74, 6) is 1.65. The SMILES string of the molecule is CC(C)NCC1CCCCC1Cc1sccc1Cl. The van der Waals surface area contributed by atoms with Crippen molar-refractivity contribution in [2.75, 3.05) is 6.54 Å². The van der Waals surface area contributed by atoms with Crippen LogP contribution in [0.1, 0.15) is 44.4 Å². The second-order valence-electron chi connectivity index (χ2n) is 5.76. The molecule has 1 fully saturated rings. The quantitative estimate of drug-likeness (QED) is 0.823. The molecule has 1 nitrogen and oxygen atoms in total. The van der Waals surface area contributed by atoms with Crippen molar-refractivity contribution in [2.45, 2.75) is 52.0 Å². The van der Waals surface area contributed by atoms with Crippen LogP contribution in [-0.2, 0) is 6.42 Å². The van der Waals surface area contributed by atoms with Crippen molar-refractivity contribution in [2.24, 2.45) is 11.8 Å². The number of hydrogen-bond donors (Lipinski definition) is 1. The fourth-order valence-electron chi connectivity index (χ4n) is 2.92. The highest BCUT2D eigenvalue weighted by Gasteiger charge is 2.26. The van der Waals surface area contributed by atoms with Gasteiger partial charge in [-0.25, -0.2) is 0 Å². The van der Waals surface area contributed by atoms with Crippen LogP contribution < -0.4 is 5.32 Å². The summed E-state index contributed by atoms with van der Waals surface area (Å²) in [6, 6.07) is 2.63. The molecule has 2 atom stereocenters. The van der Waals surface area contributed by atoms with E-state index in [0.29, 0.717) is 6.04 Å². The molecule has 1 aliphatic carbocycles.